The number of nitrogens with zero attached hydrogens (tertiary/aromatic N) is 2. The third kappa shape index (κ3) is 3.46. The number of aromatic nitrogens is 2. The Morgan fingerprint density at radius 2 is 2.05 bits per heavy atom. The van der Waals surface area contributed by atoms with Crippen LogP contribution in [0.15, 0.2) is 22.7 Å². The van der Waals surface area contributed by atoms with E-state index in [1.165, 1.54) is 0 Å². The van der Waals surface area contributed by atoms with Gasteiger partial charge in [0.2, 0.25) is 0 Å². The first-order chi connectivity index (χ1) is 8.85. The summed E-state index contributed by atoms with van der Waals surface area (Å²) in [5, 5.41) is 3.54. The number of hydrogen-bond donors (Lipinski definition) is 1. The minimum Gasteiger partial charge on any atom is -0.399 e. The van der Waals surface area contributed by atoms with E-state index < -0.39 is 12.6 Å². The van der Waals surface area contributed by atoms with Crippen molar-refractivity contribution < 1.29 is 17.7 Å². The summed E-state index contributed by atoms with van der Waals surface area (Å²) in [5.41, 5.74) is 7.66. The molecular weight excluding hydrogens is 259 g/mol. The van der Waals surface area contributed by atoms with E-state index in [-0.39, 0.29) is 18.1 Å². The molecule has 0 unspecified atom stereocenters. The lowest BCUT2D eigenvalue weighted by atomic mass is 10.1. The van der Waals surface area contributed by atoms with Crippen LogP contribution >= 0.6 is 0 Å². The van der Waals surface area contributed by atoms with Gasteiger partial charge >= 0.3 is 6.18 Å². The standard InChI is InChI=1S/C12H12F3N3O/c1-7-2-3-8(16)6-9(7)11-17-10(18-19-11)4-5-12(13,14)15/h2-3,6H,4-5,16H2,1H3. The van der Waals surface area contributed by atoms with Crippen LogP contribution < -0.4 is 5.73 Å². The number of rotatable bonds is 3. The molecule has 102 valence electrons. The maximum absolute atomic E-state index is 12.1. The zero-order valence-corrected chi connectivity index (χ0v) is 10.2. The maximum atomic E-state index is 12.1. The summed E-state index contributed by atoms with van der Waals surface area (Å²) < 4.78 is 41.2. The van der Waals surface area contributed by atoms with E-state index in [0.29, 0.717) is 11.3 Å². The molecule has 1 aromatic carbocycles. The zero-order chi connectivity index (χ0) is 14.0. The molecule has 0 aliphatic heterocycles. The lowest BCUT2D eigenvalue weighted by Crippen LogP contribution is -2.09. The average Bonchev–Trinajstić information content (AvgIpc) is 2.77. The molecule has 0 aliphatic carbocycles. The van der Waals surface area contributed by atoms with Gasteiger partial charge in [-0.25, -0.2) is 0 Å². The molecule has 0 saturated heterocycles. The fourth-order valence-electron chi connectivity index (χ4n) is 1.59. The number of alkyl halides is 3. The van der Waals surface area contributed by atoms with Gasteiger partial charge in [0.15, 0.2) is 5.82 Å². The summed E-state index contributed by atoms with van der Waals surface area (Å²) >= 11 is 0. The fourth-order valence-corrected chi connectivity index (χ4v) is 1.59. The van der Waals surface area contributed by atoms with E-state index in [4.69, 9.17) is 10.3 Å². The van der Waals surface area contributed by atoms with Crippen molar-refractivity contribution in [2.45, 2.75) is 25.9 Å². The van der Waals surface area contributed by atoms with Gasteiger partial charge in [-0.05, 0) is 24.6 Å². The molecule has 7 heteroatoms. The van der Waals surface area contributed by atoms with Crippen LogP contribution in [0, 0.1) is 6.92 Å². The first-order valence-electron chi connectivity index (χ1n) is 5.61. The summed E-state index contributed by atoms with van der Waals surface area (Å²) in [6.07, 6.45) is -5.50. The molecule has 0 saturated carbocycles. The van der Waals surface area contributed by atoms with Crippen molar-refractivity contribution in [3.8, 4) is 11.5 Å². The van der Waals surface area contributed by atoms with E-state index in [1.54, 1.807) is 18.2 Å². The maximum Gasteiger partial charge on any atom is 0.389 e. The van der Waals surface area contributed by atoms with E-state index in [9.17, 15) is 13.2 Å². The summed E-state index contributed by atoms with van der Waals surface area (Å²) in [5.74, 6) is 0.219. The lowest BCUT2D eigenvalue weighted by Gasteiger charge is -2.02. The Kier molecular flexibility index (Phi) is 3.46. The van der Waals surface area contributed by atoms with E-state index in [1.807, 2.05) is 6.92 Å². The van der Waals surface area contributed by atoms with Crippen molar-refractivity contribution in [1.82, 2.24) is 10.1 Å². The Morgan fingerprint density at radius 1 is 1.32 bits per heavy atom. The molecule has 0 bridgehead atoms. The van der Waals surface area contributed by atoms with Gasteiger partial charge in [0, 0.05) is 17.7 Å². The van der Waals surface area contributed by atoms with Gasteiger partial charge in [-0.1, -0.05) is 11.2 Å². The third-order valence-electron chi connectivity index (χ3n) is 2.59. The second-order valence-corrected chi connectivity index (χ2v) is 4.21. The van der Waals surface area contributed by atoms with Crippen molar-refractivity contribution in [3.05, 3.63) is 29.6 Å². The molecule has 4 nitrogen and oxygen atoms in total. The largest absolute Gasteiger partial charge is 0.399 e. The van der Waals surface area contributed by atoms with Gasteiger partial charge in [-0.2, -0.15) is 18.2 Å². The van der Waals surface area contributed by atoms with Gasteiger partial charge < -0.3 is 10.3 Å². The topological polar surface area (TPSA) is 64.9 Å². The molecule has 0 spiro atoms. The number of hydrogen-bond acceptors (Lipinski definition) is 4. The van der Waals surface area contributed by atoms with Crippen LogP contribution in [0.25, 0.3) is 11.5 Å². The van der Waals surface area contributed by atoms with Crippen molar-refractivity contribution in [1.29, 1.82) is 0 Å². The second-order valence-electron chi connectivity index (χ2n) is 4.21. The van der Waals surface area contributed by atoms with Crippen LogP contribution in [-0.4, -0.2) is 16.3 Å². The van der Waals surface area contributed by atoms with Gasteiger partial charge in [-0.3, -0.25) is 0 Å². The number of halogens is 3. The molecule has 0 fully saturated rings. The number of nitrogen functional groups attached to an aromatic ring is 1. The predicted molar refractivity (Wildman–Crippen MR) is 63.3 cm³/mol. The molecule has 2 rings (SSSR count). The highest BCUT2D eigenvalue weighted by Crippen LogP contribution is 2.25. The molecule has 1 heterocycles. The Bertz CT molecular complexity index is 578. The fraction of sp³-hybridized carbons (Fsp3) is 0.333. The Morgan fingerprint density at radius 3 is 2.74 bits per heavy atom. The van der Waals surface area contributed by atoms with Crippen LogP contribution in [0.3, 0.4) is 0 Å². The van der Waals surface area contributed by atoms with Crippen LogP contribution in [-0.2, 0) is 6.42 Å². The Hall–Kier alpha value is -2.05. The normalized spacial score (nSPS) is 11.8. The SMILES string of the molecule is Cc1ccc(N)cc1-c1nc(CCC(F)(F)F)no1. The van der Waals surface area contributed by atoms with Crippen LogP contribution in [0.1, 0.15) is 17.8 Å². The van der Waals surface area contributed by atoms with Crippen LogP contribution in [0.5, 0.6) is 0 Å². The highest BCUT2D eigenvalue weighted by Gasteiger charge is 2.27. The minimum absolute atomic E-state index is 0.0362. The second kappa shape index (κ2) is 4.91. The first kappa shape index (κ1) is 13.4. The highest BCUT2D eigenvalue weighted by molar-refractivity contribution is 5.63. The molecular formula is C12H12F3N3O. The Balaban J connectivity index is 2.19. The van der Waals surface area contributed by atoms with Gasteiger partial charge in [0.05, 0.1) is 6.42 Å². The minimum atomic E-state index is -4.23. The Labute approximate surface area is 107 Å². The molecule has 1 aromatic heterocycles. The van der Waals surface area contributed by atoms with Crippen LogP contribution in [0.2, 0.25) is 0 Å². The predicted octanol–water partition coefficient (Wildman–Crippen LogP) is 3.12. The molecule has 2 aromatic rings. The third-order valence-corrected chi connectivity index (χ3v) is 2.59. The summed E-state index contributed by atoms with van der Waals surface area (Å²) in [4.78, 5) is 3.95. The van der Waals surface area contributed by atoms with E-state index >= 15 is 0 Å². The summed E-state index contributed by atoms with van der Waals surface area (Å²) in [7, 11) is 0. The lowest BCUT2D eigenvalue weighted by molar-refractivity contribution is -0.134. The van der Waals surface area contributed by atoms with Gasteiger partial charge in [-0.15, -0.1) is 0 Å². The smallest absolute Gasteiger partial charge is 0.389 e. The monoisotopic (exact) mass is 271 g/mol. The molecule has 0 aliphatic rings. The van der Waals surface area contributed by atoms with E-state index in [2.05, 4.69) is 10.1 Å². The number of nitrogens with two attached hydrogens (primary N) is 1. The van der Waals surface area contributed by atoms with Crippen LogP contribution in [0.4, 0.5) is 18.9 Å². The summed E-state index contributed by atoms with van der Waals surface area (Å²) in [6, 6.07) is 5.15. The quantitative estimate of drug-likeness (QED) is 0.871. The van der Waals surface area contributed by atoms with Crippen molar-refractivity contribution in [3.63, 3.8) is 0 Å². The average molecular weight is 271 g/mol. The summed E-state index contributed by atoms with van der Waals surface area (Å²) in [6.45, 7) is 1.83. The van der Waals surface area contributed by atoms with Crippen molar-refractivity contribution in [2.75, 3.05) is 5.73 Å². The molecule has 0 atom stereocenters. The van der Waals surface area contributed by atoms with Crippen molar-refractivity contribution in [2.24, 2.45) is 0 Å². The van der Waals surface area contributed by atoms with E-state index in [0.717, 1.165) is 5.56 Å². The zero-order valence-electron chi connectivity index (χ0n) is 10.2. The van der Waals surface area contributed by atoms with Gasteiger partial charge in [0.1, 0.15) is 0 Å². The van der Waals surface area contributed by atoms with Crippen molar-refractivity contribution >= 4 is 5.69 Å². The molecule has 0 radical (unpaired) electrons. The number of aryl methyl sites for hydroxylation is 2. The first-order valence-corrected chi connectivity index (χ1v) is 5.61. The molecule has 2 N–H and O–H groups in total. The molecule has 0 amide bonds. The number of anilines is 1. The molecule has 19 heavy (non-hydrogen) atoms. The number of benzene rings is 1. The van der Waals surface area contributed by atoms with Gasteiger partial charge in [0.25, 0.3) is 5.89 Å². The highest BCUT2D eigenvalue weighted by atomic mass is 19.4.